The lowest BCUT2D eigenvalue weighted by molar-refractivity contribution is 0.268. The number of hydrogen-bond donors (Lipinski definition) is 1. The molecule has 1 saturated heterocycles. The normalized spacial score (nSPS) is 20.2. The standard InChI is InChI=1S/C18H26N4O3S/c1-13(19-3)11-17-20-18(25-21-17)15-8-6-9-16(12-15)26(23,24)22-10-5-4-7-14(22)2/h6,8-9,12-14,19H,4-5,7,10-11H2,1-3H3. The predicted molar refractivity (Wildman–Crippen MR) is 99.2 cm³/mol. The van der Waals surface area contributed by atoms with Gasteiger partial charge in [-0.1, -0.05) is 17.6 Å². The minimum absolute atomic E-state index is 0.0236. The lowest BCUT2D eigenvalue weighted by Crippen LogP contribution is -2.41. The Bertz CT molecular complexity index is 850. The summed E-state index contributed by atoms with van der Waals surface area (Å²) in [5.74, 6) is 0.937. The first-order valence-corrected chi connectivity index (χ1v) is 10.5. The maximum absolute atomic E-state index is 13.0. The van der Waals surface area contributed by atoms with Crippen LogP contribution in [0.15, 0.2) is 33.7 Å². The van der Waals surface area contributed by atoms with Gasteiger partial charge < -0.3 is 9.84 Å². The summed E-state index contributed by atoms with van der Waals surface area (Å²) in [5, 5.41) is 7.11. The third kappa shape index (κ3) is 3.97. The molecule has 2 atom stereocenters. The van der Waals surface area contributed by atoms with Gasteiger partial charge in [0.1, 0.15) is 0 Å². The predicted octanol–water partition coefficient (Wildman–Crippen LogP) is 2.45. The van der Waals surface area contributed by atoms with Gasteiger partial charge >= 0.3 is 0 Å². The van der Waals surface area contributed by atoms with E-state index in [1.165, 1.54) is 0 Å². The summed E-state index contributed by atoms with van der Waals surface area (Å²) in [4.78, 5) is 4.66. The number of rotatable bonds is 6. The molecule has 1 aromatic heterocycles. The number of nitrogens with one attached hydrogen (secondary N) is 1. The van der Waals surface area contributed by atoms with Crippen LogP contribution in [0.1, 0.15) is 38.9 Å². The largest absolute Gasteiger partial charge is 0.334 e. The Labute approximate surface area is 154 Å². The van der Waals surface area contributed by atoms with Gasteiger partial charge in [0.2, 0.25) is 10.0 Å². The molecular formula is C18H26N4O3S. The van der Waals surface area contributed by atoms with Gasteiger partial charge in [-0.05, 0) is 51.9 Å². The molecule has 1 aromatic carbocycles. The minimum atomic E-state index is -3.52. The number of hydrogen-bond acceptors (Lipinski definition) is 6. The van der Waals surface area contributed by atoms with Crippen molar-refractivity contribution < 1.29 is 12.9 Å². The molecule has 2 unspecified atom stereocenters. The van der Waals surface area contributed by atoms with Crippen LogP contribution in [-0.2, 0) is 16.4 Å². The van der Waals surface area contributed by atoms with Gasteiger partial charge in [0.15, 0.2) is 5.82 Å². The molecule has 0 radical (unpaired) electrons. The van der Waals surface area contributed by atoms with Crippen LogP contribution in [0.5, 0.6) is 0 Å². The van der Waals surface area contributed by atoms with Gasteiger partial charge in [0.05, 0.1) is 4.90 Å². The smallest absolute Gasteiger partial charge is 0.257 e. The average Bonchev–Trinajstić information content (AvgIpc) is 3.10. The highest BCUT2D eigenvalue weighted by atomic mass is 32.2. The van der Waals surface area contributed by atoms with Crippen LogP contribution in [0.25, 0.3) is 11.5 Å². The second-order valence-corrected chi connectivity index (χ2v) is 8.79. The fourth-order valence-electron chi connectivity index (χ4n) is 3.18. The van der Waals surface area contributed by atoms with Gasteiger partial charge in [-0.3, -0.25) is 0 Å². The Morgan fingerprint density at radius 1 is 1.38 bits per heavy atom. The number of aromatic nitrogens is 2. The summed E-state index contributed by atoms with van der Waals surface area (Å²) in [6.45, 7) is 4.57. The van der Waals surface area contributed by atoms with E-state index in [0.29, 0.717) is 30.2 Å². The van der Waals surface area contributed by atoms with E-state index >= 15 is 0 Å². The first-order chi connectivity index (χ1) is 12.4. The summed E-state index contributed by atoms with van der Waals surface area (Å²) in [5.41, 5.74) is 0.617. The Morgan fingerprint density at radius 3 is 2.92 bits per heavy atom. The topological polar surface area (TPSA) is 88.3 Å². The van der Waals surface area contributed by atoms with E-state index in [1.807, 2.05) is 20.9 Å². The molecule has 1 aliphatic rings. The molecule has 2 aromatic rings. The van der Waals surface area contributed by atoms with Crippen molar-refractivity contribution in [2.24, 2.45) is 0 Å². The van der Waals surface area contributed by atoms with Crippen molar-refractivity contribution in [2.45, 2.75) is 56.5 Å². The van der Waals surface area contributed by atoms with Crippen LogP contribution in [0.2, 0.25) is 0 Å². The Balaban J connectivity index is 1.86. The van der Waals surface area contributed by atoms with E-state index in [9.17, 15) is 8.42 Å². The fourth-order valence-corrected chi connectivity index (χ4v) is 4.93. The molecule has 0 amide bonds. The summed E-state index contributed by atoms with van der Waals surface area (Å²) in [7, 11) is -1.65. The lowest BCUT2D eigenvalue weighted by atomic mass is 10.1. The molecule has 0 bridgehead atoms. The van der Waals surface area contributed by atoms with Gasteiger partial charge in [-0.2, -0.15) is 9.29 Å². The zero-order chi connectivity index (χ0) is 18.7. The zero-order valence-electron chi connectivity index (χ0n) is 15.5. The first kappa shape index (κ1) is 19.0. The third-order valence-corrected chi connectivity index (χ3v) is 6.89. The highest BCUT2D eigenvalue weighted by molar-refractivity contribution is 7.89. The molecule has 3 rings (SSSR count). The molecule has 0 spiro atoms. The second-order valence-electron chi connectivity index (χ2n) is 6.90. The van der Waals surface area contributed by atoms with Crippen molar-refractivity contribution in [3.63, 3.8) is 0 Å². The summed E-state index contributed by atoms with van der Waals surface area (Å²) in [6.07, 6.45) is 3.52. The second kappa shape index (κ2) is 7.85. The Hall–Kier alpha value is -1.77. The van der Waals surface area contributed by atoms with Crippen LogP contribution in [0.4, 0.5) is 0 Å². The van der Waals surface area contributed by atoms with E-state index in [-0.39, 0.29) is 17.0 Å². The fraction of sp³-hybridized carbons (Fsp3) is 0.556. The van der Waals surface area contributed by atoms with Gasteiger partial charge in [-0.25, -0.2) is 8.42 Å². The first-order valence-electron chi connectivity index (χ1n) is 9.04. The van der Waals surface area contributed by atoms with Crippen molar-refractivity contribution >= 4 is 10.0 Å². The number of piperidine rings is 1. The van der Waals surface area contributed by atoms with Crippen molar-refractivity contribution in [3.8, 4) is 11.5 Å². The van der Waals surface area contributed by atoms with Crippen molar-refractivity contribution in [3.05, 3.63) is 30.1 Å². The van der Waals surface area contributed by atoms with E-state index in [4.69, 9.17) is 4.52 Å². The van der Waals surface area contributed by atoms with Crippen molar-refractivity contribution in [2.75, 3.05) is 13.6 Å². The SMILES string of the molecule is CNC(C)Cc1noc(-c2cccc(S(=O)(=O)N3CCCCC3C)c2)n1. The Kier molecular flexibility index (Phi) is 5.74. The average molecular weight is 378 g/mol. The van der Waals surface area contributed by atoms with Crippen molar-refractivity contribution in [1.29, 1.82) is 0 Å². The van der Waals surface area contributed by atoms with Crippen LogP contribution in [-0.4, -0.2) is 48.5 Å². The molecule has 7 nitrogen and oxygen atoms in total. The van der Waals surface area contributed by atoms with E-state index in [0.717, 1.165) is 19.3 Å². The summed E-state index contributed by atoms with van der Waals surface area (Å²) >= 11 is 0. The van der Waals surface area contributed by atoms with E-state index in [1.54, 1.807) is 28.6 Å². The summed E-state index contributed by atoms with van der Waals surface area (Å²) in [6, 6.07) is 7.01. The van der Waals surface area contributed by atoms with Crippen LogP contribution < -0.4 is 5.32 Å². The zero-order valence-corrected chi connectivity index (χ0v) is 16.3. The van der Waals surface area contributed by atoms with Crippen molar-refractivity contribution in [1.82, 2.24) is 19.8 Å². The minimum Gasteiger partial charge on any atom is -0.334 e. The van der Waals surface area contributed by atoms with Gasteiger partial charge in [0.25, 0.3) is 5.89 Å². The molecule has 142 valence electrons. The molecule has 26 heavy (non-hydrogen) atoms. The van der Waals surface area contributed by atoms with E-state index in [2.05, 4.69) is 15.5 Å². The number of nitrogens with zero attached hydrogens (tertiary/aromatic N) is 3. The van der Waals surface area contributed by atoms with E-state index < -0.39 is 10.0 Å². The molecule has 8 heteroatoms. The highest BCUT2D eigenvalue weighted by Gasteiger charge is 2.31. The highest BCUT2D eigenvalue weighted by Crippen LogP contribution is 2.27. The van der Waals surface area contributed by atoms with Crippen LogP contribution in [0.3, 0.4) is 0 Å². The lowest BCUT2D eigenvalue weighted by Gasteiger charge is -2.32. The third-order valence-electron chi connectivity index (χ3n) is 4.88. The molecule has 2 heterocycles. The molecule has 0 saturated carbocycles. The maximum Gasteiger partial charge on any atom is 0.257 e. The number of benzene rings is 1. The monoisotopic (exact) mass is 378 g/mol. The van der Waals surface area contributed by atoms with Gasteiger partial charge in [0, 0.05) is 30.6 Å². The Morgan fingerprint density at radius 2 is 2.19 bits per heavy atom. The van der Waals surface area contributed by atoms with Crippen LogP contribution >= 0.6 is 0 Å². The molecular weight excluding hydrogens is 352 g/mol. The summed E-state index contributed by atoms with van der Waals surface area (Å²) < 4.78 is 33.0. The van der Waals surface area contributed by atoms with Crippen LogP contribution in [0, 0.1) is 0 Å². The number of likely N-dealkylation sites (N-methyl/N-ethyl adjacent to an activating group) is 1. The molecule has 1 aliphatic heterocycles. The van der Waals surface area contributed by atoms with Gasteiger partial charge in [-0.15, -0.1) is 0 Å². The maximum atomic E-state index is 13.0. The molecule has 1 fully saturated rings. The molecule has 0 aliphatic carbocycles. The quantitative estimate of drug-likeness (QED) is 0.831. The molecule has 1 N–H and O–H groups in total. The number of sulfonamides is 1.